The van der Waals surface area contributed by atoms with Gasteiger partial charge in [0.15, 0.2) is 0 Å². The standard InChI is InChI=1S/C15H21BrN2/c1-4-5-6-7-8-15(3,11-17)14-12(2)9-13(16)10-18-14/h9-10H,4-8H2,1-3H3/t15-/m0/s1. The van der Waals surface area contributed by atoms with Gasteiger partial charge in [-0.3, -0.25) is 4.98 Å². The van der Waals surface area contributed by atoms with Gasteiger partial charge in [0.25, 0.3) is 0 Å². The second-order valence-corrected chi connectivity index (χ2v) is 5.99. The molecule has 0 bridgehead atoms. The summed E-state index contributed by atoms with van der Waals surface area (Å²) in [6.45, 7) is 6.22. The Balaban J connectivity index is 2.83. The fraction of sp³-hybridized carbons (Fsp3) is 0.600. The van der Waals surface area contributed by atoms with Crippen molar-refractivity contribution in [2.45, 2.75) is 58.3 Å². The Morgan fingerprint density at radius 1 is 1.39 bits per heavy atom. The third-order valence-corrected chi connectivity index (χ3v) is 3.78. The molecule has 0 unspecified atom stereocenters. The predicted octanol–water partition coefficient (Wildman–Crippen LogP) is 4.90. The number of pyridine rings is 1. The van der Waals surface area contributed by atoms with Crippen LogP contribution in [0.3, 0.4) is 0 Å². The van der Waals surface area contributed by atoms with E-state index in [9.17, 15) is 5.26 Å². The third-order valence-electron chi connectivity index (χ3n) is 3.34. The molecular weight excluding hydrogens is 288 g/mol. The van der Waals surface area contributed by atoms with E-state index in [1.54, 1.807) is 6.20 Å². The van der Waals surface area contributed by atoms with E-state index in [1.807, 2.05) is 19.9 Å². The average molecular weight is 309 g/mol. The van der Waals surface area contributed by atoms with Crippen molar-refractivity contribution < 1.29 is 0 Å². The lowest BCUT2D eigenvalue weighted by atomic mass is 9.81. The molecule has 0 N–H and O–H groups in total. The molecule has 2 nitrogen and oxygen atoms in total. The molecule has 0 fully saturated rings. The highest BCUT2D eigenvalue weighted by molar-refractivity contribution is 9.10. The molecule has 0 amide bonds. The molecule has 1 aromatic rings. The number of halogens is 1. The van der Waals surface area contributed by atoms with Crippen LogP contribution in [0, 0.1) is 18.3 Å². The fourth-order valence-electron chi connectivity index (χ4n) is 2.25. The monoisotopic (exact) mass is 308 g/mol. The number of nitrogens with zero attached hydrogens (tertiary/aromatic N) is 2. The van der Waals surface area contributed by atoms with E-state index in [0.717, 1.165) is 28.6 Å². The topological polar surface area (TPSA) is 36.7 Å². The largest absolute Gasteiger partial charge is 0.258 e. The van der Waals surface area contributed by atoms with Gasteiger partial charge in [-0.05, 0) is 47.8 Å². The lowest BCUT2D eigenvalue weighted by molar-refractivity contribution is 0.489. The maximum absolute atomic E-state index is 9.49. The van der Waals surface area contributed by atoms with Crippen molar-refractivity contribution in [3.05, 3.63) is 28.0 Å². The number of aryl methyl sites for hydroxylation is 1. The number of hydrogen-bond donors (Lipinski definition) is 0. The van der Waals surface area contributed by atoms with E-state index in [-0.39, 0.29) is 0 Å². The molecule has 1 rings (SSSR count). The molecule has 0 aliphatic carbocycles. The first-order valence-corrected chi connectivity index (χ1v) is 7.36. The minimum atomic E-state index is -0.460. The lowest BCUT2D eigenvalue weighted by Gasteiger charge is -2.22. The zero-order valence-corrected chi connectivity index (χ0v) is 13.0. The molecule has 0 aliphatic heterocycles. The number of nitriles is 1. The first-order chi connectivity index (χ1) is 8.53. The molecule has 18 heavy (non-hydrogen) atoms. The van der Waals surface area contributed by atoms with Crippen LogP contribution in [0.2, 0.25) is 0 Å². The Morgan fingerprint density at radius 3 is 2.67 bits per heavy atom. The minimum Gasteiger partial charge on any atom is -0.258 e. The van der Waals surface area contributed by atoms with Crippen LogP contribution in [0.15, 0.2) is 16.7 Å². The van der Waals surface area contributed by atoms with Crippen molar-refractivity contribution in [3.8, 4) is 6.07 Å². The number of unbranched alkanes of at least 4 members (excludes halogenated alkanes) is 3. The van der Waals surface area contributed by atoms with E-state index in [1.165, 1.54) is 19.3 Å². The zero-order valence-electron chi connectivity index (χ0n) is 11.5. The van der Waals surface area contributed by atoms with Crippen LogP contribution in [0.1, 0.15) is 57.2 Å². The van der Waals surface area contributed by atoms with Crippen LogP contribution in [-0.4, -0.2) is 4.98 Å². The van der Waals surface area contributed by atoms with Gasteiger partial charge < -0.3 is 0 Å². The molecule has 3 heteroatoms. The molecule has 0 saturated carbocycles. The summed E-state index contributed by atoms with van der Waals surface area (Å²) < 4.78 is 0.968. The molecule has 1 atom stereocenters. The Labute approximate surface area is 119 Å². The highest BCUT2D eigenvalue weighted by atomic mass is 79.9. The van der Waals surface area contributed by atoms with E-state index in [0.29, 0.717) is 0 Å². The second kappa shape index (κ2) is 6.89. The summed E-state index contributed by atoms with van der Waals surface area (Å²) in [5.74, 6) is 0. The molecule has 0 radical (unpaired) electrons. The average Bonchev–Trinajstić information content (AvgIpc) is 2.34. The van der Waals surface area contributed by atoms with Crippen molar-refractivity contribution in [3.63, 3.8) is 0 Å². The van der Waals surface area contributed by atoms with E-state index < -0.39 is 5.41 Å². The third kappa shape index (κ3) is 3.81. The normalized spacial score (nSPS) is 13.9. The van der Waals surface area contributed by atoms with Crippen LogP contribution >= 0.6 is 15.9 Å². The van der Waals surface area contributed by atoms with Crippen LogP contribution in [0.4, 0.5) is 0 Å². The van der Waals surface area contributed by atoms with Crippen LogP contribution in [0.5, 0.6) is 0 Å². The number of hydrogen-bond acceptors (Lipinski definition) is 2. The van der Waals surface area contributed by atoms with Gasteiger partial charge >= 0.3 is 0 Å². The lowest BCUT2D eigenvalue weighted by Crippen LogP contribution is -2.22. The molecule has 1 aromatic heterocycles. The van der Waals surface area contributed by atoms with Gasteiger partial charge in [0.2, 0.25) is 0 Å². The Morgan fingerprint density at radius 2 is 2.11 bits per heavy atom. The van der Waals surface area contributed by atoms with Crippen LogP contribution < -0.4 is 0 Å². The highest BCUT2D eigenvalue weighted by Crippen LogP contribution is 2.31. The SMILES string of the molecule is CCCCCC[C@@](C)(C#N)c1ncc(Br)cc1C. The van der Waals surface area contributed by atoms with Crippen LogP contribution in [-0.2, 0) is 5.41 Å². The molecular formula is C15H21BrN2. The summed E-state index contributed by atoms with van der Waals surface area (Å²) >= 11 is 3.41. The maximum atomic E-state index is 9.49. The Kier molecular flexibility index (Phi) is 5.81. The fourth-order valence-corrected chi connectivity index (χ4v) is 2.70. The highest BCUT2D eigenvalue weighted by Gasteiger charge is 2.29. The Hall–Kier alpha value is -0.880. The van der Waals surface area contributed by atoms with Crippen LogP contribution in [0.25, 0.3) is 0 Å². The van der Waals surface area contributed by atoms with Gasteiger partial charge in [0.05, 0.1) is 17.2 Å². The van der Waals surface area contributed by atoms with E-state index in [4.69, 9.17) is 0 Å². The molecule has 98 valence electrons. The van der Waals surface area contributed by atoms with Crippen molar-refractivity contribution in [2.24, 2.45) is 0 Å². The molecule has 0 aromatic carbocycles. The summed E-state index contributed by atoms with van der Waals surface area (Å²) in [5, 5.41) is 9.49. The summed E-state index contributed by atoms with van der Waals surface area (Å²) in [5.41, 5.74) is 1.55. The van der Waals surface area contributed by atoms with Gasteiger partial charge in [0.1, 0.15) is 0 Å². The summed E-state index contributed by atoms with van der Waals surface area (Å²) in [6.07, 6.45) is 7.43. The van der Waals surface area contributed by atoms with E-state index >= 15 is 0 Å². The van der Waals surface area contributed by atoms with Crippen molar-refractivity contribution in [1.82, 2.24) is 4.98 Å². The number of aromatic nitrogens is 1. The Bertz CT molecular complexity index is 437. The van der Waals surface area contributed by atoms with Crippen molar-refractivity contribution in [1.29, 1.82) is 5.26 Å². The van der Waals surface area contributed by atoms with Gasteiger partial charge in [-0.2, -0.15) is 5.26 Å². The first kappa shape index (κ1) is 15.2. The van der Waals surface area contributed by atoms with E-state index in [2.05, 4.69) is 33.9 Å². The molecule has 0 saturated heterocycles. The zero-order chi connectivity index (χ0) is 13.6. The molecule has 1 heterocycles. The summed E-state index contributed by atoms with van der Waals surface area (Å²) in [6, 6.07) is 4.49. The smallest absolute Gasteiger partial charge is 0.0967 e. The summed E-state index contributed by atoms with van der Waals surface area (Å²) in [4.78, 5) is 4.45. The van der Waals surface area contributed by atoms with Gasteiger partial charge in [-0.15, -0.1) is 0 Å². The van der Waals surface area contributed by atoms with Crippen molar-refractivity contribution >= 4 is 15.9 Å². The molecule has 0 spiro atoms. The van der Waals surface area contributed by atoms with Gasteiger partial charge in [-0.25, -0.2) is 0 Å². The first-order valence-electron chi connectivity index (χ1n) is 6.57. The molecule has 0 aliphatic rings. The second-order valence-electron chi connectivity index (χ2n) is 5.07. The van der Waals surface area contributed by atoms with Gasteiger partial charge in [0, 0.05) is 10.7 Å². The summed E-state index contributed by atoms with van der Waals surface area (Å²) in [7, 11) is 0. The predicted molar refractivity (Wildman–Crippen MR) is 78.4 cm³/mol. The van der Waals surface area contributed by atoms with Gasteiger partial charge in [-0.1, -0.05) is 32.6 Å². The van der Waals surface area contributed by atoms with Crippen molar-refractivity contribution in [2.75, 3.05) is 0 Å². The quantitative estimate of drug-likeness (QED) is 0.700. The number of rotatable bonds is 6. The minimum absolute atomic E-state index is 0.460. The maximum Gasteiger partial charge on any atom is 0.0967 e.